The Hall–Kier alpha value is -3.66. The van der Waals surface area contributed by atoms with E-state index in [4.69, 9.17) is 21.3 Å². The number of nitrogens with one attached hydrogen (secondary N) is 3. The zero-order valence-electron chi connectivity index (χ0n) is 21.3. The number of ether oxygens (including phenoxy) is 1. The molecule has 11 heteroatoms. The maximum absolute atomic E-state index is 13.3. The van der Waals surface area contributed by atoms with Crippen molar-refractivity contribution in [1.29, 1.82) is 0 Å². The lowest BCUT2D eigenvalue weighted by Crippen LogP contribution is -2.46. The number of aryl methyl sites for hydroxylation is 1. The van der Waals surface area contributed by atoms with Crippen molar-refractivity contribution in [2.75, 3.05) is 0 Å². The number of H-pyrrole nitrogens is 1. The van der Waals surface area contributed by atoms with E-state index in [0.717, 1.165) is 30.2 Å². The first kappa shape index (κ1) is 25.0. The summed E-state index contributed by atoms with van der Waals surface area (Å²) in [6, 6.07) is 5.43. The summed E-state index contributed by atoms with van der Waals surface area (Å²) in [6.07, 6.45) is 6.03. The molecule has 4 aromatic rings. The smallest absolute Gasteiger partial charge is 0.407 e. The molecule has 2 amide bonds. The van der Waals surface area contributed by atoms with Crippen LogP contribution in [0.4, 0.5) is 4.79 Å². The van der Waals surface area contributed by atoms with Gasteiger partial charge in [0.25, 0.3) is 5.91 Å². The van der Waals surface area contributed by atoms with Crippen LogP contribution in [-0.2, 0) is 11.8 Å². The molecule has 0 bridgehead atoms. The number of fused-ring (bicyclic) bond motifs is 2. The summed E-state index contributed by atoms with van der Waals surface area (Å²) in [5.41, 5.74) is 2.95. The Kier molecular flexibility index (Phi) is 6.53. The summed E-state index contributed by atoms with van der Waals surface area (Å²) < 4.78 is 7.12. The number of nitrogens with zero attached hydrogens (tertiary/aromatic N) is 4. The second kappa shape index (κ2) is 9.66. The van der Waals surface area contributed by atoms with Gasteiger partial charge < -0.3 is 20.4 Å². The number of aromatic nitrogens is 5. The molecule has 1 aliphatic carbocycles. The van der Waals surface area contributed by atoms with Crippen LogP contribution >= 0.6 is 11.6 Å². The maximum Gasteiger partial charge on any atom is 0.407 e. The fraction of sp³-hybridized carbons (Fsp3) is 0.423. The van der Waals surface area contributed by atoms with Crippen molar-refractivity contribution < 1.29 is 14.3 Å². The van der Waals surface area contributed by atoms with Crippen molar-refractivity contribution in [1.82, 2.24) is 35.4 Å². The fourth-order valence-electron chi connectivity index (χ4n) is 4.79. The molecule has 0 unspecified atom stereocenters. The van der Waals surface area contributed by atoms with E-state index in [1.54, 1.807) is 17.1 Å². The van der Waals surface area contributed by atoms with E-state index in [0.29, 0.717) is 39.6 Å². The zero-order chi connectivity index (χ0) is 26.3. The van der Waals surface area contributed by atoms with Gasteiger partial charge in [0.2, 0.25) is 0 Å². The summed E-state index contributed by atoms with van der Waals surface area (Å²) in [5.74, 6) is -0.238. The third-order valence-corrected chi connectivity index (χ3v) is 6.65. The van der Waals surface area contributed by atoms with E-state index in [1.807, 2.05) is 46.0 Å². The van der Waals surface area contributed by atoms with E-state index in [9.17, 15) is 9.59 Å². The Morgan fingerprint density at radius 1 is 1.19 bits per heavy atom. The average Bonchev–Trinajstić information content (AvgIpc) is 3.38. The van der Waals surface area contributed by atoms with Crippen molar-refractivity contribution in [2.24, 2.45) is 7.05 Å². The standard InChI is InChI=1S/C26H30ClN7O3/c1-26(2,3)37-25(36)31-16-7-5-6-15(11-16)30-24(35)18-12-28-23-22(18)32-19(13-29-23)21-17-9-8-14(27)10-20(17)34(4)33-21/h8-10,12-13,15-16H,5-7,11H2,1-4H3,(H,28,29)(H,30,35)(H,31,36)/t15-,16+/m1/s1. The highest BCUT2D eigenvalue weighted by Gasteiger charge is 2.27. The molecule has 1 fully saturated rings. The van der Waals surface area contributed by atoms with Crippen LogP contribution in [-0.4, -0.2) is 54.4 Å². The molecule has 0 aliphatic heterocycles. The quantitative estimate of drug-likeness (QED) is 0.355. The Morgan fingerprint density at radius 2 is 1.95 bits per heavy atom. The number of aromatic amines is 1. The molecule has 3 heterocycles. The van der Waals surface area contributed by atoms with Crippen LogP contribution in [0.15, 0.2) is 30.6 Å². The Bertz CT molecular complexity index is 1490. The summed E-state index contributed by atoms with van der Waals surface area (Å²) >= 11 is 6.16. The van der Waals surface area contributed by atoms with Crippen LogP contribution in [0.3, 0.4) is 0 Å². The molecule has 3 aromatic heterocycles. The molecule has 194 valence electrons. The lowest BCUT2D eigenvalue weighted by atomic mass is 9.91. The van der Waals surface area contributed by atoms with Crippen LogP contribution in [0.2, 0.25) is 5.02 Å². The van der Waals surface area contributed by atoms with Crippen LogP contribution in [0.1, 0.15) is 56.8 Å². The topological polar surface area (TPSA) is 127 Å². The minimum atomic E-state index is -0.559. The summed E-state index contributed by atoms with van der Waals surface area (Å²) in [7, 11) is 1.85. The van der Waals surface area contributed by atoms with E-state index >= 15 is 0 Å². The monoisotopic (exact) mass is 523 g/mol. The minimum absolute atomic E-state index is 0.0609. The van der Waals surface area contributed by atoms with E-state index in [2.05, 4.69) is 25.7 Å². The number of halogens is 1. The Labute approximate surface area is 219 Å². The van der Waals surface area contributed by atoms with Gasteiger partial charge in [-0.25, -0.2) is 14.8 Å². The largest absolute Gasteiger partial charge is 0.444 e. The first-order valence-electron chi connectivity index (χ1n) is 12.3. The summed E-state index contributed by atoms with van der Waals surface area (Å²) in [6.45, 7) is 5.49. The van der Waals surface area contributed by atoms with Gasteiger partial charge in [-0.2, -0.15) is 5.10 Å². The van der Waals surface area contributed by atoms with E-state index in [1.165, 1.54) is 0 Å². The van der Waals surface area contributed by atoms with Crippen molar-refractivity contribution in [2.45, 2.75) is 64.1 Å². The number of hydrogen-bond donors (Lipinski definition) is 3. The molecular formula is C26H30ClN7O3. The van der Waals surface area contributed by atoms with Crippen molar-refractivity contribution in [3.8, 4) is 11.4 Å². The maximum atomic E-state index is 13.3. The molecule has 5 rings (SSSR count). The van der Waals surface area contributed by atoms with Gasteiger partial charge in [0, 0.05) is 35.7 Å². The number of carbonyl (C=O) groups excluding carboxylic acids is 2. The van der Waals surface area contributed by atoms with E-state index in [-0.39, 0.29) is 18.0 Å². The van der Waals surface area contributed by atoms with Crippen LogP contribution < -0.4 is 10.6 Å². The van der Waals surface area contributed by atoms with Crippen molar-refractivity contribution in [3.05, 3.63) is 41.2 Å². The molecule has 1 saturated carbocycles. The third kappa shape index (κ3) is 5.39. The summed E-state index contributed by atoms with van der Waals surface area (Å²) in [5, 5.41) is 12.2. The molecule has 37 heavy (non-hydrogen) atoms. The highest BCUT2D eigenvalue weighted by Crippen LogP contribution is 2.29. The SMILES string of the molecule is Cn1nc(-c2cnc3[nH]cc(C(=O)N[C@@H]4CCC[C@H](NC(=O)OC(C)(C)C)C4)c3n2)c2ccc(Cl)cc21. The highest BCUT2D eigenvalue weighted by atomic mass is 35.5. The fourth-order valence-corrected chi connectivity index (χ4v) is 4.95. The van der Waals surface area contributed by atoms with E-state index < -0.39 is 11.7 Å². The molecule has 1 aromatic carbocycles. The number of hydrogen-bond acceptors (Lipinski definition) is 6. The molecule has 0 radical (unpaired) electrons. The number of carbonyl (C=O) groups is 2. The second-order valence-corrected chi connectivity index (χ2v) is 10.9. The van der Waals surface area contributed by atoms with Gasteiger partial charge in [0.05, 0.1) is 17.3 Å². The minimum Gasteiger partial charge on any atom is -0.444 e. The number of benzene rings is 1. The van der Waals surface area contributed by atoms with Crippen molar-refractivity contribution in [3.63, 3.8) is 0 Å². The van der Waals surface area contributed by atoms with Gasteiger partial charge >= 0.3 is 6.09 Å². The number of alkyl carbamates (subject to hydrolysis) is 1. The lowest BCUT2D eigenvalue weighted by molar-refractivity contribution is 0.0489. The second-order valence-electron chi connectivity index (χ2n) is 10.5. The molecule has 1 aliphatic rings. The molecule has 10 nitrogen and oxygen atoms in total. The normalized spacial score (nSPS) is 18.2. The predicted octanol–water partition coefficient (Wildman–Crippen LogP) is 4.73. The van der Waals surface area contributed by atoms with Crippen LogP contribution in [0.25, 0.3) is 33.5 Å². The van der Waals surface area contributed by atoms with Gasteiger partial charge in [-0.15, -0.1) is 0 Å². The molecule has 0 saturated heterocycles. The van der Waals surface area contributed by atoms with Gasteiger partial charge in [0.15, 0.2) is 5.65 Å². The molecule has 3 N–H and O–H groups in total. The first-order chi connectivity index (χ1) is 17.6. The van der Waals surface area contributed by atoms with Gasteiger partial charge in [0.1, 0.15) is 22.5 Å². The third-order valence-electron chi connectivity index (χ3n) is 6.41. The van der Waals surface area contributed by atoms with Gasteiger partial charge in [-0.3, -0.25) is 9.48 Å². The van der Waals surface area contributed by atoms with Crippen LogP contribution in [0, 0.1) is 0 Å². The lowest BCUT2D eigenvalue weighted by Gasteiger charge is -2.31. The van der Waals surface area contributed by atoms with Gasteiger partial charge in [-0.1, -0.05) is 11.6 Å². The van der Waals surface area contributed by atoms with Crippen LogP contribution in [0.5, 0.6) is 0 Å². The average molecular weight is 524 g/mol. The number of amides is 2. The predicted molar refractivity (Wildman–Crippen MR) is 141 cm³/mol. The first-order valence-corrected chi connectivity index (χ1v) is 12.7. The molecule has 0 spiro atoms. The number of rotatable bonds is 4. The highest BCUT2D eigenvalue weighted by molar-refractivity contribution is 6.31. The zero-order valence-corrected chi connectivity index (χ0v) is 22.0. The Balaban J connectivity index is 1.34. The summed E-state index contributed by atoms with van der Waals surface area (Å²) in [4.78, 5) is 37.7. The van der Waals surface area contributed by atoms with Gasteiger partial charge in [-0.05, 0) is 64.7 Å². The molecular weight excluding hydrogens is 494 g/mol. The molecule has 2 atom stereocenters. The van der Waals surface area contributed by atoms with Crippen molar-refractivity contribution >= 4 is 45.7 Å². The Morgan fingerprint density at radius 3 is 2.70 bits per heavy atom.